The van der Waals surface area contributed by atoms with Gasteiger partial charge in [-0.2, -0.15) is 0 Å². The van der Waals surface area contributed by atoms with E-state index in [1.165, 1.54) is 36.3 Å². The summed E-state index contributed by atoms with van der Waals surface area (Å²) in [6.45, 7) is 3.38. The van der Waals surface area contributed by atoms with Gasteiger partial charge in [0.1, 0.15) is 0 Å². The van der Waals surface area contributed by atoms with Crippen molar-refractivity contribution in [1.82, 2.24) is 10.2 Å². The van der Waals surface area contributed by atoms with Crippen molar-refractivity contribution >= 4 is 17.7 Å². The fraction of sp³-hybridized carbons (Fsp3) is 0.688. The average Bonchev–Trinajstić information content (AvgIpc) is 2.78. The lowest BCUT2D eigenvalue weighted by molar-refractivity contribution is -0.136. The lowest BCUT2D eigenvalue weighted by Gasteiger charge is -2.13. The van der Waals surface area contributed by atoms with E-state index in [1.807, 2.05) is 0 Å². The summed E-state index contributed by atoms with van der Waals surface area (Å²) < 4.78 is 0. The third kappa shape index (κ3) is 7.06. The molecule has 0 aromatic heterocycles. The minimum atomic E-state index is -0.232. The molecule has 1 rings (SSSR count). The van der Waals surface area contributed by atoms with E-state index in [4.69, 9.17) is 0 Å². The molecule has 0 radical (unpaired) electrons. The minimum Gasteiger partial charge on any atom is -0.356 e. The van der Waals surface area contributed by atoms with E-state index >= 15 is 0 Å². The number of carbonyl (C=O) groups excluding carboxylic acids is 3. The van der Waals surface area contributed by atoms with Crippen LogP contribution in [0.25, 0.3) is 0 Å². The Hall–Kier alpha value is -1.65. The quantitative estimate of drug-likeness (QED) is 0.469. The van der Waals surface area contributed by atoms with Crippen LogP contribution in [0.5, 0.6) is 0 Å². The van der Waals surface area contributed by atoms with Gasteiger partial charge in [-0.15, -0.1) is 0 Å². The Balaban J connectivity index is 1.95. The van der Waals surface area contributed by atoms with Gasteiger partial charge in [-0.25, -0.2) is 0 Å². The predicted octanol–water partition coefficient (Wildman–Crippen LogP) is 2.17. The second kappa shape index (κ2) is 10.1. The lowest BCUT2D eigenvalue weighted by atomic mass is 10.1. The van der Waals surface area contributed by atoms with E-state index < -0.39 is 0 Å². The summed E-state index contributed by atoms with van der Waals surface area (Å²) in [5.74, 6) is -0.365. The molecule has 0 spiro atoms. The number of nitrogens with zero attached hydrogens (tertiary/aromatic N) is 1. The maximum absolute atomic E-state index is 11.6. The van der Waals surface area contributed by atoms with Crippen LogP contribution >= 0.6 is 0 Å². The molecule has 1 aliphatic heterocycles. The zero-order valence-electron chi connectivity index (χ0n) is 12.9. The molecule has 0 saturated heterocycles. The van der Waals surface area contributed by atoms with E-state index in [9.17, 15) is 14.4 Å². The molecule has 0 aliphatic carbocycles. The van der Waals surface area contributed by atoms with Crippen LogP contribution in [-0.4, -0.2) is 35.7 Å². The number of rotatable bonds is 11. The fourth-order valence-electron chi connectivity index (χ4n) is 2.25. The second-order valence-electron chi connectivity index (χ2n) is 5.38. The fourth-order valence-corrected chi connectivity index (χ4v) is 2.25. The van der Waals surface area contributed by atoms with Crippen molar-refractivity contribution in [3.63, 3.8) is 0 Å². The van der Waals surface area contributed by atoms with Gasteiger partial charge in [-0.05, 0) is 19.3 Å². The van der Waals surface area contributed by atoms with E-state index in [2.05, 4.69) is 12.2 Å². The van der Waals surface area contributed by atoms with E-state index in [-0.39, 0.29) is 17.7 Å². The number of hydrogen-bond donors (Lipinski definition) is 1. The predicted molar refractivity (Wildman–Crippen MR) is 81.5 cm³/mol. The molecule has 118 valence electrons. The van der Waals surface area contributed by atoms with Crippen molar-refractivity contribution in [3.8, 4) is 0 Å². The summed E-state index contributed by atoms with van der Waals surface area (Å²) in [4.78, 5) is 35.4. The van der Waals surface area contributed by atoms with Crippen molar-refractivity contribution in [1.29, 1.82) is 0 Å². The first kappa shape index (κ1) is 17.4. The Bertz CT molecular complexity index is 373. The highest BCUT2D eigenvalue weighted by molar-refractivity contribution is 6.12. The van der Waals surface area contributed by atoms with Gasteiger partial charge in [-0.3, -0.25) is 19.3 Å². The Kier molecular flexibility index (Phi) is 8.40. The van der Waals surface area contributed by atoms with Crippen LogP contribution in [-0.2, 0) is 14.4 Å². The lowest BCUT2D eigenvalue weighted by Crippen LogP contribution is -2.30. The molecule has 1 N–H and O–H groups in total. The Morgan fingerprint density at radius 3 is 2.33 bits per heavy atom. The Morgan fingerprint density at radius 2 is 1.67 bits per heavy atom. The van der Waals surface area contributed by atoms with Crippen molar-refractivity contribution in [2.75, 3.05) is 13.1 Å². The smallest absolute Gasteiger partial charge is 0.253 e. The van der Waals surface area contributed by atoms with E-state index in [1.54, 1.807) is 0 Å². The van der Waals surface area contributed by atoms with Crippen LogP contribution in [0.4, 0.5) is 0 Å². The molecule has 5 nitrogen and oxygen atoms in total. The highest BCUT2D eigenvalue weighted by Gasteiger charge is 2.22. The summed E-state index contributed by atoms with van der Waals surface area (Å²) in [6.07, 6.45) is 10.2. The molecule has 1 heterocycles. The molecule has 0 bridgehead atoms. The van der Waals surface area contributed by atoms with Gasteiger partial charge in [0.15, 0.2) is 0 Å². The van der Waals surface area contributed by atoms with Crippen molar-refractivity contribution in [2.45, 2.75) is 58.3 Å². The average molecular weight is 294 g/mol. The van der Waals surface area contributed by atoms with Gasteiger partial charge in [0.05, 0.1) is 0 Å². The van der Waals surface area contributed by atoms with Crippen LogP contribution in [0.3, 0.4) is 0 Å². The number of imide groups is 1. The van der Waals surface area contributed by atoms with Crippen molar-refractivity contribution < 1.29 is 14.4 Å². The number of nitrogens with one attached hydrogen (secondary N) is 1. The van der Waals surface area contributed by atoms with E-state index in [0.717, 1.165) is 32.2 Å². The van der Waals surface area contributed by atoms with Crippen LogP contribution in [0.2, 0.25) is 0 Å². The molecule has 0 saturated carbocycles. The van der Waals surface area contributed by atoms with Crippen LogP contribution in [0, 0.1) is 0 Å². The number of unbranched alkanes of at least 4 members (excludes halogenated alkanes) is 5. The number of carbonyl (C=O) groups is 3. The van der Waals surface area contributed by atoms with Gasteiger partial charge in [0.2, 0.25) is 5.91 Å². The molecular formula is C16H26N2O3. The Morgan fingerprint density at radius 1 is 1.00 bits per heavy atom. The standard InChI is InChI=1S/C16H26N2O3/c1-2-3-4-7-12-17-14(19)9-6-5-8-13-18-15(20)10-11-16(18)21/h10-11H,2-9,12-13H2,1H3,(H,17,19). The van der Waals surface area contributed by atoms with Crippen LogP contribution in [0.15, 0.2) is 12.2 Å². The summed E-state index contributed by atoms with van der Waals surface area (Å²) in [5, 5.41) is 2.92. The molecule has 5 heteroatoms. The molecule has 3 amide bonds. The first-order chi connectivity index (χ1) is 10.1. The minimum absolute atomic E-state index is 0.0986. The van der Waals surface area contributed by atoms with Gasteiger partial charge in [0, 0.05) is 31.7 Å². The third-order valence-corrected chi connectivity index (χ3v) is 3.54. The largest absolute Gasteiger partial charge is 0.356 e. The molecule has 0 unspecified atom stereocenters. The normalized spacial score (nSPS) is 14.0. The van der Waals surface area contributed by atoms with Gasteiger partial charge in [0.25, 0.3) is 11.8 Å². The van der Waals surface area contributed by atoms with Crippen LogP contribution in [0.1, 0.15) is 58.3 Å². The zero-order valence-corrected chi connectivity index (χ0v) is 12.9. The number of hydrogen-bond acceptors (Lipinski definition) is 3. The molecule has 1 aliphatic rings. The first-order valence-electron chi connectivity index (χ1n) is 7.95. The molecule has 21 heavy (non-hydrogen) atoms. The summed E-state index contributed by atoms with van der Waals surface area (Å²) in [5.41, 5.74) is 0. The molecule has 0 aromatic carbocycles. The molecule has 0 atom stereocenters. The second-order valence-corrected chi connectivity index (χ2v) is 5.38. The monoisotopic (exact) mass is 294 g/mol. The maximum Gasteiger partial charge on any atom is 0.253 e. The van der Waals surface area contributed by atoms with Gasteiger partial charge < -0.3 is 5.32 Å². The summed E-state index contributed by atoms with van der Waals surface area (Å²) in [6, 6.07) is 0. The van der Waals surface area contributed by atoms with Crippen molar-refractivity contribution in [3.05, 3.63) is 12.2 Å². The van der Waals surface area contributed by atoms with E-state index in [0.29, 0.717) is 13.0 Å². The van der Waals surface area contributed by atoms with Gasteiger partial charge in [-0.1, -0.05) is 32.6 Å². The third-order valence-electron chi connectivity index (χ3n) is 3.54. The van der Waals surface area contributed by atoms with Crippen molar-refractivity contribution in [2.24, 2.45) is 0 Å². The number of amides is 3. The zero-order chi connectivity index (χ0) is 15.5. The molecular weight excluding hydrogens is 268 g/mol. The highest BCUT2D eigenvalue weighted by Crippen LogP contribution is 2.07. The summed E-state index contributed by atoms with van der Waals surface area (Å²) >= 11 is 0. The SMILES string of the molecule is CCCCCCNC(=O)CCCCCN1C(=O)C=CC1=O. The van der Waals surface area contributed by atoms with Gasteiger partial charge >= 0.3 is 0 Å². The van der Waals surface area contributed by atoms with Crippen LogP contribution < -0.4 is 5.32 Å². The maximum atomic E-state index is 11.6. The highest BCUT2D eigenvalue weighted by atomic mass is 16.2. The summed E-state index contributed by atoms with van der Waals surface area (Å²) in [7, 11) is 0. The molecule has 0 aromatic rings. The molecule has 0 fully saturated rings. The topological polar surface area (TPSA) is 66.5 Å². The Labute approximate surface area is 126 Å². The first-order valence-corrected chi connectivity index (χ1v) is 7.95.